The van der Waals surface area contributed by atoms with Gasteiger partial charge in [0.05, 0.1) is 18.2 Å². The van der Waals surface area contributed by atoms with Gasteiger partial charge in [0.2, 0.25) is 0 Å². The third kappa shape index (κ3) is 1.68. The van der Waals surface area contributed by atoms with Gasteiger partial charge in [0, 0.05) is 27.2 Å². The third-order valence-electron chi connectivity index (χ3n) is 3.22. The Morgan fingerprint density at radius 3 is 2.25 bits per heavy atom. The summed E-state index contributed by atoms with van der Waals surface area (Å²) in [5, 5.41) is 0. The fourth-order valence-electron chi connectivity index (χ4n) is 2.16. The predicted molar refractivity (Wildman–Crippen MR) is 70.3 cm³/mol. The number of likely N-dealkylation sites (N-methyl/N-ethyl adjacent to an activating group) is 1. The molecule has 0 atom stereocenters. The van der Waals surface area contributed by atoms with Gasteiger partial charge < -0.3 is 4.74 Å². The molecule has 2 heterocycles. The predicted octanol–water partition coefficient (Wildman–Crippen LogP) is -1.38. The number of nitrogens with zero attached hydrogens (tertiary/aromatic N) is 3. The van der Waals surface area contributed by atoms with E-state index in [2.05, 4.69) is 4.74 Å². The number of aromatic nitrogens is 2. The number of hydrogen-bond acceptors (Lipinski definition) is 5. The van der Waals surface area contributed by atoms with Gasteiger partial charge in [0.1, 0.15) is 5.82 Å². The van der Waals surface area contributed by atoms with Crippen LogP contribution in [0.5, 0.6) is 0 Å². The zero-order valence-electron chi connectivity index (χ0n) is 11.5. The minimum atomic E-state index is -0.745. The Balaban J connectivity index is 2.90. The molecule has 0 bridgehead atoms. The summed E-state index contributed by atoms with van der Waals surface area (Å²) in [6, 6.07) is 0. The lowest BCUT2D eigenvalue weighted by molar-refractivity contribution is -0.135. The lowest BCUT2D eigenvalue weighted by Crippen LogP contribution is -2.39. The van der Waals surface area contributed by atoms with E-state index < -0.39 is 23.1 Å². The first-order valence-corrected chi connectivity index (χ1v) is 5.69. The number of amides is 1. The molecule has 0 spiro atoms. The van der Waals surface area contributed by atoms with Crippen LogP contribution < -0.4 is 16.1 Å². The Bertz CT molecular complexity index is 769. The number of ether oxygens (including phenoxy) is 1. The summed E-state index contributed by atoms with van der Waals surface area (Å²) in [7, 11) is 5.36. The first-order valence-electron chi connectivity index (χ1n) is 5.69. The molecular weight excluding hydrogens is 266 g/mol. The summed E-state index contributed by atoms with van der Waals surface area (Å²) < 4.78 is 6.54. The average molecular weight is 279 g/mol. The van der Waals surface area contributed by atoms with E-state index in [4.69, 9.17) is 0 Å². The molecule has 1 aromatic heterocycles. The van der Waals surface area contributed by atoms with Crippen molar-refractivity contribution in [2.24, 2.45) is 14.1 Å². The molecule has 2 rings (SSSR count). The second-order valence-corrected chi connectivity index (χ2v) is 4.35. The van der Waals surface area contributed by atoms with E-state index in [-0.39, 0.29) is 17.0 Å². The van der Waals surface area contributed by atoms with Crippen LogP contribution in [0.1, 0.15) is 5.56 Å². The summed E-state index contributed by atoms with van der Waals surface area (Å²) in [4.78, 5) is 48.7. The molecular formula is C12H13N3O5. The SMILES string of the molecule is COC(=O)/C=C1/C(=O)N(C)c2c1c(=O)n(C)c(=O)n2C. The lowest BCUT2D eigenvalue weighted by atomic mass is 10.1. The molecule has 0 radical (unpaired) electrons. The Morgan fingerprint density at radius 1 is 1.10 bits per heavy atom. The van der Waals surface area contributed by atoms with E-state index in [1.165, 1.54) is 32.8 Å². The standard InChI is InChI=1S/C12H13N3O5/c1-13-9-8(6(10(13)17)5-7(16)20-4)11(18)15(3)12(19)14(9)2/h5H,1-4H3/b6-5+. The van der Waals surface area contributed by atoms with Crippen LogP contribution in [0.15, 0.2) is 15.7 Å². The van der Waals surface area contributed by atoms with Crippen molar-refractivity contribution in [2.45, 2.75) is 0 Å². The summed E-state index contributed by atoms with van der Waals surface area (Å²) >= 11 is 0. The van der Waals surface area contributed by atoms with Crippen LogP contribution in [0.3, 0.4) is 0 Å². The van der Waals surface area contributed by atoms with E-state index in [0.29, 0.717) is 0 Å². The van der Waals surface area contributed by atoms with Crippen molar-refractivity contribution in [1.29, 1.82) is 0 Å². The first-order chi connectivity index (χ1) is 9.31. The van der Waals surface area contributed by atoms with E-state index in [9.17, 15) is 19.2 Å². The van der Waals surface area contributed by atoms with Crippen LogP contribution in [0.2, 0.25) is 0 Å². The first kappa shape index (κ1) is 13.8. The molecule has 0 fully saturated rings. The molecule has 0 N–H and O–H groups in total. The van der Waals surface area contributed by atoms with E-state index in [1.54, 1.807) is 0 Å². The van der Waals surface area contributed by atoms with Crippen molar-refractivity contribution in [3.05, 3.63) is 32.5 Å². The van der Waals surface area contributed by atoms with E-state index in [0.717, 1.165) is 15.5 Å². The molecule has 0 saturated heterocycles. The van der Waals surface area contributed by atoms with Crippen molar-refractivity contribution < 1.29 is 14.3 Å². The number of rotatable bonds is 1. The number of anilines is 1. The number of hydrogen-bond donors (Lipinski definition) is 0. The quantitative estimate of drug-likeness (QED) is 0.466. The fourth-order valence-corrected chi connectivity index (χ4v) is 2.16. The van der Waals surface area contributed by atoms with Gasteiger partial charge in [-0.2, -0.15) is 0 Å². The smallest absolute Gasteiger partial charge is 0.332 e. The molecule has 0 aromatic carbocycles. The maximum atomic E-state index is 12.2. The lowest BCUT2D eigenvalue weighted by Gasteiger charge is -2.13. The van der Waals surface area contributed by atoms with Crippen molar-refractivity contribution in [3.63, 3.8) is 0 Å². The van der Waals surface area contributed by atoms with Crippen LogP contribution in [0, 0.1) is 0 Å². The Hall–Kier alpha value is -2.64. The molecule has 8 nitrogen and oxygen atoms in total. The summed E-state index contributed by atoms with van der Waals surface area (Å²) in [6.07, 6.45) is 0.955. The second-order valence-electron chi connectivity index (χ2n) is 4.35. The van der Waals surface area contributed by atoms with Gasteiger partial charge >= 0.3 is 11.7 Å². The topological polar surface area (TPSA) is 90.6 Å². The maximum Gasteiger partial charge on any atom is 0.332 e. The van der Waals surface area contributed by atoms with Gasteiger partial charge in [-0.05, 0) is 0 Å². The molecule has 1 aliphatic rings. The number of carbonyl (C=O) groups excluding carboxylic acids is 2. The van der Waals surface area contributed by atoms with Gasteiger partial charge in [0.25, 0.3) is 11.5 Å². The highest BCUT2D eigenvalue weighted by atomic mass is 16.5. The molecule has 8 heteroatoms. The summed E-state index contributed by atoms with van der Waals surface area (Å²) in [5.41, 5.74) is -1.23. The zero-order valence-corrected chi connectivity index (χ0v) is 11.5. The Morgan fingerprint density at radius 2 is 1.70 bits per heavy atom. The summed E-state index contributed by atoms with van der Waals surface area (Å²) in [6.45, 7) is 0. The average Bonchev–Trinajstić information content (AvgIpc) is 2.67. The van der Waals surface area contributed by atoms with Gasteiger partial charge in [-0.25, -0.2) is 9.59 Å². The number of esters is 1. The third-order valence-corrected chi connectivity index (χ3v) is 3.22. The Labute approximate surface area is 113 Å². The monoisotopic (exact) mass is 279 g/mol. The number of fused-ring (bicyclic) bond motifs is 1. The molecule has 0 saturated carbocycles. The van der Waals surface area contributed by atoms with E-state index >= 15 is 0 Å². The van der Waals surface area contributed by atoms with Crippen molar-refractivity contribution in [3.8, 4) is 0 Å². The van der Waals surface area contributed by atoms with Crippen LogP contribution in [0.25, 0.3) is 5.57 Å². The van der Waals surface area contributed by atoms with Gasteiger partial charge in [-0.3, -0.25) is 23.6 Å². The van der Waals surface area contributed by atoms with Crippen molar-refractivity contribution in [2.75, 3.05) is 19.1 Å². The van der Waals surface area contributed by atoms with Crippen LogP contribution in [-0.4, -0.2) is 35.2 Å². The van der Waals surface area contributed by atoms with Gasteiger partial charge in [-0.15, -0.1) is 0 Å². The van der Waals surface area contributed by atoms with E-state index in [1.807, 2.05) is 0 Å². The Kier molecular flexibility index (Phi) is 3.09. The normalized spacial score (nSPS) is 15.7. The number of carbonyl (C=O) groups is 2. The largest absolute Gasteiger partial charge is 0.466 e. The van der Waals surface area contributed by atoms with Crippen molar-refractivity contribution in [1.82, 2.24) is 9.13 Å². The van der Waals surface area contributed by atoms with Crippen LogP contribution >= 0.6 is 0 Å². The molecule has 1 amide bonds. The van der Waals surface area contributed by atoms with Crippen LogP contribution in [0.4, 0.5) is 5.82 Å². The minimum Gasteiger partial charge on any atom is -0.466 e. The van der Waals surface area contributed by atoms with Gasteiger partial charge in [0.15, 0.2) is 0 Å². The molecule has 1 aromatic rings. The van der Waals surface area contributed by atoms with Crippen LogP contribution in [-0.2, 0) is 28.4 Å². The zero-order chi connectivity index (χ0) is 15.2. The fraction of sp³-hybridized carbons (Fsp3) is 0.333. The molecule has 106 valence electrons. The highest BCUT2D eigenvalue weighted by Crippen LogP contribution is 2.31. The van der Waals surface area contributed by atoms with Gasteiger partial charge in [-0.1, -0.05) is 0 Å². The maximum absolute atomic E-state index is 12.2. The molecule has 0 aliphatic carbocycles. The molecule has 20 heavy (non-hydrogen) atoms. The molecule has 1 aliphatic heterocycles. The molecule has 0 unspecified atom stereocenters. The number of methoxy groups -OCH3 is 1. The minimum absolute atomic E-state index is 0.0208. The second kappa shape index (κ2) is 4.48. The highest BCUT2D eigenvalue weighted by molar-refractivity contribution is 6.33. The van der Waals surface area contributed by atoms with Crippen molar-refractivity contribution >= 4 is 23.3 Å². The highest BCUT2D eigenvalue weighted by Gasteiger charge is 2.36. The summed E-state index contributed by atoms with van der Waals surface area (Å²) in [5.74, 6) is -1.12.